The molecule has 0 bridgehead atoms. The maximum absolute atomic E-state index is 5.03. The highest BCUT2D eigenvalue weighted by Gasteiger charge is 2.46. The van der Waals surface area contributed by atoms with E-state index < -0.39 is 7.26 Å². The van der Waals surface area contributed by atoms with E-state index in [9.17, 15) is 0 Å². The van der Waals surface area contributed by atoms with Gasteiger partial charge in [-0.2, -0.15) is 0 Å². The van der Waals surface area contributed by atoms with Crippen LogP contribution in [0.3, 0.4) is 0 Å². The van der Waals surface area contributed by atoms with Crippen LogP contribution in [0.2, 0.25) is 0 Å². The highest BCUT2D eigenvalue weighted by molar-refractivity contribution is 7.95. The van der Waals surface area contributed by atoms with Crippen molar-refractivity contribution in [3.8, 4) is 0 Å². The van der Waals surface area contributed by atoms with Gasteiger partial charge in [-0.1, -0.05) is 86.7 Å². The van der Waals surface area contributed by atoms with Gasteiger partial charge in [0.15, 0.2) is 5.44 Å². The van der Waals surface area contributed by atoms with Crippen LogP contribution in [0.25, 0.3) is 6.08 Å². The number of unbranched alkanes of at least 4 members (excludes halogenated alkanes) is 1. The molecule has 0 amide bonds. The van der Waals surface area contributed by atoms with Crippen LogP contribution in [0.15, 0.2) is 110 Å². The second-order valence-corrected chi connectivity index (χ2v) is 12.1. The van der Waals surface area contributed by atoms with Crippen LogP contribution in [0.4, 0.5) is 0 Å². The first-order valence-corrected chi connectivity index (χ1v) is 13.9. The standard InChI is InChI=1S/C31H33NP/c1-3-5-24-33(29-12-8-6-9-13-29,30-14-10-7-11-15-30)31-25-28(22-23-32-31)21-20-27-18-16-26(4-2)17-19-27/h4,6-19,22-23,25H,2-3,5,20-21,24H2,1H3/q+1. The van der Waals surface area contributed by atoms with Crippen molar-refractivity contribution >= 4 is 29.4 Å². The van der Waals surface area contributed by atoms with Gasteiger partial charge in [-0.25, -0.2) is 4.98 Å². The minimum absolute atomic E-state index is 1.01. The highest BCUT2D eigenvalue weighted by Crippen LogP contribution is 2.55. The largest absolute Gasteiger partial charge is 0.222 e. The quantitative estimate of drug-likeness (QED) is 0.248. The maximum Gasteiger partial charge on any atom is 0.193 e. The van der Waals surface area contributed by atoms with E-state index in [4.69, 9.17) is 4.98 Å². The van der Waals surface area contributed by atoms with E-state index in [0.29, 0.717) is 0 Å². The summed E-state index contributed by atoms with van der Waals surface area (Å²) in [6.07, 6.45) is 9.49. The molecular formula is C31H33NP+. The first-order valence-electron chi connectivity index (χ1n) is 11.9. The Bertz CT molecular complexity index is 1110. The lowest BCUT2D eigenvalue weighted by Gasteiger charge is -2.26. The topological polar surface area (TPSA) is 12.9 Å². The molecule has 4 rings (SSSR count). The second kappa shape index (κ2) is 11.2. The normalized spacial score (nSPS) is 11.3. The Hall–Kier alpha value is -3.02. The van der Waals surface area contributed by atoms with E-state index in [1.807, 2.05) is 12.3 Å². The summed E-state index contributed by atoms with van der Waals surface area (Å²) in [5, 5.41) is 2.85. The Kier molecular flexibility index (Phi) is 7.87. The number of hydrogen-bond acceptors (Lipinski definition) is 1. The highest BCUT2D eigenvalue weighted by atomic mass is 31.2. The van der Waals surface area contributed by atoms with Gasteiger partial charge < -0.3 is 0 Å². The minimum Gasteiger partial charge on any atom is -0.222 e. The van der Waals surface area contributed by atoms with Crippen molar-refractivity contribution in [2.45, 2.75) is 32.6 Å². The van der Waals surface area contributed by atoms with Crippen molar-refractivity contribution in [2.75, 3.05) is 6.16 Å². The van der Waals surface area contributed by atoms with Crippen molar-refractivity contribution in [3.63, 3.8) is 0 Å². The van der Waals surface area contributed by atoms with E-state index in [1.54, 1.807) is 0 Å². The van der Waals surface area contributed by atoms with E-state index in [2.05, 4.69) is 111 Å². The van der Waals surface area contributed by atoms with Crippen molar-refractivity contribution in [1.29, 1.82) is 0 Å². The molecule has 166 valence electrons. The minimum atomic E-state index is -1.83. The number of hydrogen-bond donors (Lipinski definition) is 0. The number of aromatic nitrogens is 1. The average Bonchev–Trinajstić information content (AvgIpc) is 2.90. The summed E-state index contributed by atoms with van der Waals surface area (Å²) in [7, 11) is -1.83. The number of rotatable bonds is 10. The fourth-order valence-electron chi connectivity index (χ4n) is 4.48. The van der Waals surface area contributed by atoms with E-state index in [-0.39, 0.29) is 0 Å². The lowest BCUT2D eigenvalue weighted by molar-refractivity contribution is 0.891. The van der Waals surface area contributed by atoms with Gasteiger partial charge in [0, 0.05) is 12.3 Å². The fraction of sp³-hybridized carbons (Fsp3) is 0.194. The molecule has 1 heterocycles. The summed E-state index contributed by atoms with van der Waals surface area (Å²) in [5.41, 5.74) is 5.15. The molecule has 0 aliphatic rings. The molecule has 33 heavy (non-hydrogen) atoms. The summed E-state index contributed by atoms with van der Waals surface area (Å²) >= 11 is 0. The maximum atomic E-state index is 5.03. The van der Waals surface area contributed by atoms with Crippen molar-refractivity contribution in [1.82, 2.24) is 4.98 Å². The molecule has 1 nitrogen and oxygen atoms in total. The summed E-state index contributed by atoms with van der Waals surface area (Å²) in [4.78, 5) is 5.03. The summed E-state index contributed by atoms with van der Waals surface area (Å²) in [5.74, 6) is 0. The van der Waals surface area contributed by atoms with Gasteiger partial charge in [-0.3, -0.25) is 0 Å². The van der Waals surface area contributed by atoms with Crippen LogP contribution < -0.4 is 16.0 Å². The monoisotopic (exact) mass is 450 g/mol. The number of nitrogens with zero attached hydrogens (tertiary/aromatic N) is 1. The van der Waals surface area contributed by atoms with Crippen LogP contribution in [-0.2, 0) is 12.8 Å². The molecule has 0 saturated carbocycles. The smallest absolute Gasteiger partial charge is 0.193 e. The molecule has 0 unspecified atom stereocenters. The third-order valence-electron chi connectivity index (χ3n) is 6.36. The zero-order valence-electron chi connectivity index (χ0n) is 19.5. The Morgan fingerprint density at radius 1 is 0.758 bits per heavy atom. The Morgan fingerprint density at radius 2 is 1.36 bits per heavy atom. The molecule has 0 fully saturated rings. The van der Waals surface area contributed by atoms with Crippen molar-refractivity contribution in [3.05, 3.63) is 127 Å². The molecule has 0 spiro atoms. The van der Waals surface area contributed by atoms with Crippen molar-refractivity contribution in [2.24, 2.45) is 0 Å². The first kappa shape index (κ1) is 23.1. The molecule has 0 saturated heterocycles. The van der Waals surface area contributed by atoms with Gasteiger partial charge in [-0.05, 0) is 66.3 Å². The third kappa shape index (κ3) is 5.32. The van der Waals surface area contributed by atoms with Crippen molar-refractivity contribution < 1.29 is 0 Å². The van der Waals surface area contributed by atoms with E-state index >= 15 is 0 Å². The Labute approximate surface area is 199 Å². The number of pyridine rings is 1. The zero-order chi connectivity index (χ0) is 22.9. The molecule has 0 atom stereocenters. The fourth-order valence-corrected chi connectivity index (χ4v) is 8.86. The van der Waals surface area contributed by atoms with Gasteiger partial charge in [0.25, 0.3) is 0 Å². The van der Waals surface area contributed by atoms with Crippen LogP contribution in [0.5, 0.6) is 0 Å². The van der Waals surface area contributed by atoms with Gasteiger partial charge in [0.1, 0.15) is 17.9 Å². The molecule has 0 aliphatic carbocycles. The van der Waals surface area contributed by atoms with Crippen LogP contribution >= 0.6 is 7.26 Å². The summed E-state index contributed by atoms with van der Waals surface area (Å²) in [6.45, 7) is 6.14. The summed E-state index contributed by atoms with van der Waals surface area (Å²) in [6, 6.07) is 35.5. The lowest BCUT2D eigenvalue weighted by atomic mass is 10.0. The Balaban J connectivity index is 1.73. The van der Waals surface area contributed by atoms with E-state index in [1.165, 1.54) is 45.6 Å². The van der Waals surface area contributed by atoms with E-state index in [0.717, 1.165) is 19.0 Å². The second-order valence-electron chi connectivity index (χ2n) is 8.53. The molecule has 3 aromatic carbocycles. The van der Waals surface area contributed by atoms with Crippen LogP contribution in [-0.4, -0.2) is 11.1 Å². The Morgan fingerprint density at radius 3 is 1.94 bits per heavy atom. The van der Waals surface area contributed by atoms with Crippen LogP contribution in [0, 0.1) is 0 Å². The number of benzene rings is 3. The summed E-state index contributed by atoms with van der Waals surface area (Å²) < 4.78 is 0. The van der Waals surface area contributed by atoms with Crippen LogP contribution in [0.1, 0.15) is 36.5 Å². The molecule has 0 radical (unpaired) electrons. The third-order valence-corrected chi connectivity index (χ3v) is 10.7. The van der Waals surface area contributed by atoms with Gasteiger partial charge in [0.05, 0.1) is 6.16 Å². The molecule has 0 aliphatic heterocycles. The van der Waals surface area contributed by atoms with Gasteiger partial charge >= 0.3 is 0 Å². The zero-order valence-corrected chi connectivity index (χ0v) is 20.4. The molecule has 2 heteroatoms. The predicted octanol–water partition coefficient (Wildman–Crippen LogP) is 6.60. The molecule has 4 aromatic rings. The number of aryl methyl sites for hydroxylation is 2. The average molecular weight is 451 g/mol. The lowest BCUT2D eigenvalue weighted by Crippen LogP contribution is -2.35. The molecule has 0 N–H and O–H groups in total. The SMILES string of the molecule is C=Cc1ccc(CCc2ccnc([P+](CCCC)(c3ccccc3)c3ccccc3)c2)cc1. The first-order chi connectivity index (χ1) is 16.3. The molecular weight excluding hydrogens is 417 g/mol. The predicted molar refractivity (Wildman–Crippen MR) is 147 cm³/mol. The van der Waals surface area contributed by atoms with Gasteiger partial charge in [0.2, 0.25) is 0 Å². The molecule has 1 aromatic heterocycles. The van der Waals surface area contributed by atoms with Gasteiger partial charge in [-0.15, -0.1) is 0 Å².